The number of aromatic nitrogens is 2. The van der Waals surface area contributed by atoms with Crippen molar-refractivity contribution in [3.8, 4) is 11.5 Å². The van der Waals surface area contributed by atoms with E-state index in [1.54, 1.807) is 25.3 Å². The highest BCUT2D eigenvalue weighted by Crippen LogP contribution is 2.29. The quantitative estimate of drug-likeness (QED) is 0.753. The molecule has 2 aromatic rings. The molecule has 8 heteroatoms. The van der Waals surface area contributed by atoms with E-state index in [4.69, 9.17) is 9.47 Å². The highest BCUT2D eigenvalue weighted by molar-refractivity contribution is 6.03. The average Bonchev–Trinajstić information content (AvgIpc) is 2.61. The molecule has 0 aliphatic carbocycles. The fourth-order valence-corrected chi connectivity index (χ4v) is 2.04. The van der Waals surface area contributed by atoms with Crippen molar-refractivity contribution in [3.05, 3.63) is 36.3 Å². The molecule has 0 aliphatic heterocycles. The smallest absolute Gasteiger partial charge is 0.275 e. The first-order valence-corrected chi connectivity index (χ1v) is 7.77. The second-order valence-corrected chi connectivity index (χ2v) is 5.54. The minimum Gasteiger partial charge on any atom is -0.497 e. The van der Waals surface area contributed by atoms with E-state index < -0.39 is 0 Å². The molecule has 0 spiro atoms. The largest absolute Gasteiger partial charge is 0.497 e. The Labute approximate surface area is 147 Å². The number of anilines is 2. The average molecular weight is 345 g/mol. The molecule has 1 aromatic heterocycles. The van der Waals surface area contributed by atoms with Crippen molar-refractivity contribution in [1.82, 2.24) is 14.9 Å². The fraction of sp³-hybridized carbons (Fsp3) is 0.353. The number of benzene rings is 1. The number of carbonyl (C=O) groups is 1. The van der Waals surface area contributed by atoms with E-state index in [2.05, 4.69) is 25.5 Å². The second-order valence-electron chi connectivity index (χ2n) is 5.54. The molecule has 1 amide bonds. The van der Waals surface area contributed by atoms with Crippen LogP contribution >= 0.6 is 0 Å². The lowest BCUT2D eigenvalue weighted by Crippen LogP contribution is -2.21. The third-order valence-electron chi connectivity index (χ3n) is 3.40. The summed E-state index contributed by atoms with van der Waals surface area (Å²) in [7, 11) is 7.08. The van der Waals surface area contributed by atoms with Gasteiger partial charge in [-0.25, -0.2) is 9.97 Å². The van der Waals surface area contributed by atoms with Gasteiger partial charge in [-0.2, -0.15) is 0 Å². The van der Waals surface area contributed by atoms with Crippen LogP contribution in [0.1, 0.15) is 10.5 Å². The summed E-state index contributed by atoms with van der Waals surface area (Å²) < 4.78 is 10.4. The van der Waals surface area contributed by atoms with Gasteiger partial charge in [0.25, 0.3) is 5.91 Å². The van der Waals surface area contributed by atoms with Gasteiger partial charge in [0.05, 0.1) is 32.3 Å². The number of methoxy groups -OCH3 is 2. The van der Waals surface area contributed by atoms with E-state index >= 15 is 0 Å². The van der Waals surface area contributed by atoms with E-state index in [0.717, 1.165) is 13.1 Å². The van der Waals surface area contributed by atoms with Crippen LogP contribution in [0.2, 0.25) is 0 Å². The highest BCUT2D eigenvalue weighted by Gasteiger charge is 2.12. The second kappa shape index (κ2) is 8.84. The van der Waals surface area contributed by atoms with Gasteiger partial charge in [0.2, 0.25) is 0 Å². The standard InChI is InChI=1S/C17H23N5O3/c1-22(2)8-7-18-16-11-19-14(10-20-16)17(23)21-13-9-12(24-3)5-6-15(13)25-4/h5-6,9-11H,7-8H2,1-4H3,(H,18,20)(H,21,23). The van der Waals surface area contributed by atoms with Crippen LogP contribution in [0.15, 0.2) is 30.6 Å². The molecule has 8 nitrogen and oxygen atoms in total. The summed E-state index contributed by atoms with van der Waals surface area (Å²) >= 11 is 0. The summed E-state index contributed by atoms with van der Waals surface area (Å²) in [5.74, 6) is 1.39. The van der Waals surface area contributed by atoms with Crippen LogP contribution in [-0.4, -0.2) is 62.2 Å². The summed E-state index contributed by atoms with van der Waals surface area (Å²) in [5, 5.41) is 5.90. The summed E-state index contributed by atoms with van der Waals surface area (Å²) in [6.45, 7) is 1.62. The van der Waals surface area contributed by atoms with Crippen molar-refractivity contribution in [2.24, 2.45) is 0 Å². The molecule has 0 radical (unpaired) electrons. The topological polar surface area (TPSA) is 88.6 Å². The van der Waals surface area contributed by atoms with Gasteiger partial charge in [-0.15, -0.1) is 0 Å². The number of likely N-dealkylation sites (N-methyl/N-ethyl adjacent to an activating group) is 1. The Morgan fingerprint density at radius 3 is 2.56 bits per heavy atom. The number of nitrogens with zero attached hydrogens (tertiary/aromatic N) is 3. The monoisotopic (exact) mass is 345 g/mol. The third kappa shape index (κ3) is 5.32. The number of hydrogen-bond acceptors (Lipinski definition) is 7. The van der Waals surface area contributed by atoms with Crippen LogP contribution in [-0.2, 0) is 0 Å². The fourth-order valence-electron chi connectivity index (χ4n) is 2.04. The Morgan fingerprint density at radius 1 is 1.16 bits per heavy atom. The Morgan fingerprint density at radius 2 is 1.96 bits per heavy atom. The van der Waals surface area contributed by atoms with E-state index in [9.17, 15) is 4.79 Å². The first-order valence-electron chi connectivity index (χ1n) is 7.77. The molecule has 1 aromatic carbocycles. The summed E-state index contributed by atoms with van der Waals surface area (Å²) in [5.41, 5.74) is 0.713. The molecule has 0 fully saturated rings. The van der Waals surface area contributed by atoms with Crippen LogP contribution in [0, 0.1) is 0 Å². The van der Waals surface area contributed by atoms with Crippen LogP contribution in [0.3, 0.4) is 0 Å². The summed E-state index contributed by atoms with van der Waals surface area (Å²) in [6, 6.07) is 5.15. The van der Waals surface area contributed by atoms with Crippen molar-refractivity contribution in [3.63, 3.8) is 0 Å². The summed E-state index contributed by atoms with van der Waals surface area (Å²) in [6.07, 6.45) is 2.97. The van der Waals surface area contributed by atoms with Crippen LogP contribution in [0.4, 0.5) is 11.5 Å². The minimum absolute atomic E-state index is 0.211. The van der Waals surface area contributed by atoms with Crippen molar-refractivity contribution < 1.29 is 14.3 Å². The van der Waals surface area contributed by atoms with Crippen LogP contribution in [0.5, 0.6) is 11.5 Å². The maximum absolute atomic E-state index is 12.4. The van der Waals surface area contributed by atoms with E-state index in [-0.39, 0.29) is 11.6 Å². The number of ether oxygens (including phenoxy) is 2. The highest BCUT2D eigenvalue weighted by atomic mass is 16.5. The lowest BCUT2D eigenvalue weighted by molar-refractivity contribution is 0.102. The zero-order chi connectivity index (χ0) is 18.2. The molecule has 0 saturated heterocycles. The predicted octanol–water partition coefficient (Wildman–Crippen LogP) is 1.72. The van der Waals surface area contributed by atoms with Gasteiger partial charge in [0, 0.05) is 19.2 Å². The third-order valence-corrected chi connectivity index (χ3v) is 3.40. The lowest BCUT2D eigenvalue weighted by Gasteiger charge is -2.12. The van der Waals surface area contributed by atoms with Crippen molar-refractivity contribution in [1.29, 1.82) is 0 Å². The predicted molar refractivity (Wildman–Crippen MR) is 96.6 cm³/mol. The van der Waals surface area contributed by atoms with E-state index in [0.29, 0.717) is 23.0 Å². The Kier molecular flexibility index (Phi) is 6.53. The molecule has 2 N–H and O–H groups in total. The van der Waals surface area contributed by atoms with Gasteiger partial charge < -0.3 is 25.0 Å². The van der Waals surface area contributed by atoms with Gasteiger partial charge in [-0.1, -0.05) is 0 Å². The Hall–Kier alpha value is -2.87. The lowest BCUT2D eigenvalue weighted by atomic mass is 10.2. The molecule has 25 heavy (non-hydrogen) atoms. The molecule has 0 bridgehead atoms. The Bertz CT molecular complexity index is 704. The zero-order valence-electron chi connectivity index (χ0n) is 14.9. The Balaban J connectivity index is 2.03. The van der Waals surface area contributed by atoms with Gasteiger partial charge in [-0.3, -0.25) is 4.79 Å². The number of carbonyl (C=O) groups excluding carboxylic acids is 1. The molecule has 0 atom stereocenters. The summed E-state index contributed by atoms with van der Waals surface area (Å²) in [4.78, 5) is 22.8. The molecule has 0 aliphatic rings. The first-order chi connectivity index (χ1) is 12.0. The van der Waals surface area contributed by atoms with E-state index in [1.807, 2.05) is 14.1 Å². The molecule has 134 valence electrons. The SMILES string of the molecule is COc1ccc(OC)c(NC(=O)c2cnc(NCCN(C)C)cn2)c1. The van der Waals surface area contributed by atoms with Crippen molar-refractivity contribution in [2.75, 3.05) is 52.0 Å². The maximum atomic E-state index is 12.4. The van der Waals surface area contributed by atoms with Crippen LogP contribution < -0.4 is 20.1 Å². The molecular formula is C17H23N5O3. The number of rotatable bonds is 8. The van der Waals surface area contributed by atoms with Gasteiger partial charge in [-0.05, 0) is 26.2 Å². The molecule has 2 rings (SSSR count). The number of nitrogens with one attached hydrogen (secondary N) is 2. The zero-order valence-corrected chi connectivity index (χ0v) is 14.9. The van der Waals surface area contributed by atoms with Crippen molar-refractivity contribution in [2.45, 2.75) is 0 Å². The normalized spacial score (nSPS) is 10.4. The molecular weight excluding hydrogens is 322 g/mol. The number of hydrogen-bond donors (Lipinski definition) is 2. The minimum atomic E-state index is -0.376. The number of amides is 1. The van der Waals surface area contributed by atoms with Gasteiger partial charge in [0.1, 0.15) is 23.0 Å². The molecule has 0 unspecified atom stereocenters. The van der Waals surface area contributed by atoms with Crippen molar-refractivity contribution >= 4 is 17.4 Å². The molecule has 0 saturated carbocycles. The van der Waals surface area contributed by atoms with E-state index in [1.165, 1.54) is 19.5 Å². The maximum Gasteiger partial charge on any atom is 0.275 e. The first kappa shape index (κ1) is 18.5. The van der Waals surface area contributed by atoms with Gasteiger partial charge >= 0.3 is 0 Å². The van der Waals surface area contributed by atoms with Gasteiger partial charge in [0.15, 0.2) is 0 Å². The van der Waals surface area contributed by atoms with Crippen LogP contribution in [0.25, 0.3) is 0 Å². The molecule has 1 heterocycles.